The second kappa shape index (κ2) is 3.06. The largest absolute Gasteiger partial charge is 0.388 e. The lowest BCUT2D eigenvalue weighted by Gasteiger charge is -2.13. The first-order chi connectivity index (χ1) is 5.15. The van der Waals surface area contributed by atoms with Crippen molar-refractivity contribution >= 4 is 5.96 Å². The molecule has 0 amide bonds. The molecule has 0 aromatic rings. The van der Waals surface area contributed by atoms with Crippen LogP contribution in [-0.2, 0) is 4.74 Å². The topological polar surface area (TPSA) is 82.6 Å². The standard InChI is InChI=1S/C6H13N3O2/c1-11-5-3-9(6(7)8)2-4(5)10/h4-5,10H,2-3H2,1H3,(H3,7,8)/t4-,5+/m1/s1. The molecule has 0 saturated carbocycles. The Morgan fingerprint density at radius 3 is 2.64 bits per heavy atom. The average molecular weight is 159 g/mol. The summed E-state index contributed by atoms with van der Waals surface area (Å²) in [7, 11) is 1.54. The lowest BCUT2D eigenvalue weighted by molar-refractivity contribution is 0.0216. The Hall–Kier alpha value is -0.810. The highest BCUT2D eigenvalue weighted by atomic mass is 16.5. The van der Waals surface area contributed by atoms with Crippen molar-refractivity contribution in [2.24, 2.45) is 5.73 Å². The van der Waals surface area contributed by atoms with Crippen molar-refractivity contribution in [2.45, 2.75) is 12.2 Å². The Morgan fingerprint density at radius 2 is 2.36 bits per heavy atom. The molecule has 0 bridgehead atoms. The first kappa shape index (κ1) is 8.29. The van der Waals surface area contributed by atoms with Gasteiger partial charge in [0.1, 0.15) is 6.10 Å². The van der Waals surface area contributed by atoms with Crippen LogP contribution in [0.15, 0.2) is 0 Å². The van der Waals surface area contributed by atoms with Crippen LogP contribution in [0.3, 0.4) is 0 Å². The summed E-state index contributed by atoms with van der Waals surface area (Å²) in [6, 6.07) is 0. The summed E-state index contributed by atoms with van der Waals surface area (Å²) < 4.78 is 4.96. The summed E-state index contributed by atoms with van der Waals surface area (Å²) in [5.74, 6) is -0.0106. The highest BCUT2D eigenvalue weighted by Gasteiger charge is 2.31. The van der Waals surface area contributed by atoms with Gasteiger partial charge in [-0.25, -0.2) is 0 Å². The van der Waals surface area contributed by atoms with Crippen molar-refractivity contribution in [1.29, 1.82) is 5.41 Å². The summed E-state index contributed by atoms with van der Waals surface area (Å²) in [6.45, 7) is 0.904. The number of hydrogen-bond acceptors (Lipinski definition) is 3. The maximum absolute atomic E-state index is 9.29. The third-order valence-electron chi connectivity index (χ3n) is 1.88. The van der Waals surface area contributed by atoms with E-state index in [-0.39, 0.29) is 12.1 Å². The molecule has 1 aliphatic rings. The molecule has 4 N–H and O–H groups in total. The van der Waals surface area contributed by atoms with E-state index in [0.29, 0.717) is 13.1 Å². The Bertz CT molecular complexity index is 162. The fourth-order valence-corrected chi connectivity index (χ4v) is 1.19. The zero-order chi connectivity index (χ0) is 8.43. The van der Waals surface area contributed by atoms with Gasteiger partial charge >= 0.3 is 0 Å². The minimum Gasteiger partial charge on any atom is -0.388 e. The predicted molar refractivity (Wildman–Crippen MR) is 40.3 cm³/mol. The van der Waals surface area contributed by atoms with E-state index in [1.807, 2.05) is 0 Å². The van der Waals surface area contributed by atoms with E-state index < -0.39 is 6.10 Å². The summed E-state index contributed by atoms with van der Waals surface area (Å²) in [5.41, 5.74) is 5.22. The van der Waals surface area contributed by atoms with E-state index in [2.05, 4.69) is 0 Å². The molecule has 2 atom stereocenters. The van der Waals surface area contributed by atoms with Gasteiger partial charge in [0.05, 0.1) is 6.10 Å². The lowest BCUT2D eigenvalue weighted by Crippen LogP contribution is -2.35. The average Bonchev–Trinajstić information content (AvgIpc) is 2.31. The van der Waals surface area contributed by atoms with Crippen LogP contribution in [0.1, 0.15) is 0 Å². The van der Waals surface area contributed by atoms with Crippen LogP contribution in [-0.4, -0.2) is 48.4 Å². The van der Waals surface area contributed by atoms with Crippen molar-refractivity contribution in [1.82, 2.24) is 4.90 Å². The molecule has 1 fully saturated rings. The van der Waals surface area contributed by atoms with E-state index in [0.717, 1.165) is 0 Å². The number of likely N-dealkylation sites (tertiary alicyclic amines) is 1. The van der Waals surface area contributed by atoms with Gasteiger partial charge in [0, 0.05) is 20.2 Å². The highest BCUT2D eigenvalue weighted by molar-refractivity contribution is 5.75. The molecular formula is C6H13N3O2. The number of nitrogens with zero attached hydrogens (tertiary/aromatic N) is 1. The maximum atomic E-state index is 9.29. The van der Waals surface area contributed by atoms with E-state index in [1.54, 1.807) is 4.90 Å². The molecule has 0 radical (unpaired) electrons. The number of aliphatic hydroxyl groups is 1. The molecule has 1 heterocycles. The zero-order valence-electron chi connectivity index (χ0n) is 6.45. The first-order valence-electron chi connectivity index (χ1n) is 3.45. The number of nitrogens with one attached hydrogen (secondary N) is 1. The number of hydrogen-bond donors (Lipinski definition) is 3. The number of guanidine groups is 1. The molecule has 11 heavy (non-hydrogen) atoms. The van der Waals surface area contributed by atoms with Crippen LogP contribution in [0.2, 0.25) is 0 Å². The molecule has 0 aliphatic carbocycles. The molecule has 0 unspecified atom stereocenters. The van der Waals surface area contributed by atoms with Crippen LogP contribution < -0.4 is 5.73 Å². The molecule has 5 heteroatoms. The second-order valence-corrected chi connectivity index (χ2v) is 2.63. The highest BCUT2D eigenvalue weighted by Crippen LogP contribution is 2.11. The molecule has 0 aromatic heterocycles. The number of ether oxygens (including phenoxy) is 1. The zero-order valence-corrected chi connectivity index (χ0v) is 6.45. The van der Waals surface area contributed by atoms with Crippen molar-refractivity contribution in [2.75, 3.05) is 20.2 Å². The summed E-state index contributed by atoms with van der Waals surface area (Å²) >= 11 is 0. The molecule has 1 aliphatic heterocycles. The van der Waals surface area contributed by atoms with Gasteiger partial charge in [0.25, 0.3) is 0 Å². The molecule has 5 nitrogen and oxygen atoms in total. The van der Waals surface area contributed by atoms with Crippen LogP contribution in [0.25, 0.3) is 0 Å². The van der Waals surface area contributed by atoms with E-state index in [4.69, 9.17) is 15.9 Å². The predicted octanol–water partition coefficient (Wildman–Crippen LogP) is -1.43. The van der Waals surface area contributed by atoms with Crippen LogP contribution in [0.5, 0.6) is 0 Å². The third kappa shape index (κ3) is 1.61. The second-order valence-electron chi connectivity index (χ2n) is 2.63. The van der Waals surface area contributed by atoms with Crippen LogP contribution >= 0.6 is 0 Å². The number of rotatable bonds is 1. The van der Waals surface area contributed by atoms with E-state index in [9.17, 15) is 5.11 Å². The van der Waals surface area contributed by atoms with Crippen molar-refractivity contribution in [3.05, 3.63) is 0 Å². The smallest absolute Gasteiger partial charge is 0.188 e. The molecule has 64 valence electrons. The molecular weight excluding hydrogens is 146 g/mol. The van der Waals surface area contributed by atoms with Gasteiger partial charge in [0.2, 0.25) is 0 Å². The van der Waals surface area contributed by atoms with Gasteiger partial charge in [-0.3, -0.25) is 5.41 Å². The Morgan fingerprint density at radius 1 is 1.73 bits per heavy atom. The molecule has 1 saturated heterocycles. The quantitative estimate of drug-likeness (QED) is 0.323. The van der Waals surface area contributed by atoms with Crippen molar-refractivity contribution < 1.29 is 9.84 Å². The Labute approximate surface area is 65.3 Å². The maximum Gasteiger partial charge on any atom is 0.188 e. The SMILES string of the molecule is CO[C@H]1CN(C(=N)N)C[C@H]1O. The Kier molecular flexibility index (Phi) is 2.31. The van der Waals surface area contributed by atoms with Gasteiger partial charge in [0.15, 0.2) is 5.96 Å². The third-order valence-corrected chi connectivity index (χ3v) is 1.88. The summed E-state index contributed by atoms with van der Waals surface area (Å²) in [4.78, 5) is 1.58. The Balaban J connectivity index is 2.49. The fraction of sp³-hybridized carbons (Fsp3) is 0.833. The van der Waals surface area contributed by atoms with Crippen molar-refractivity contribution in [3.8, 4) is 0 Å². The minimum atomic E-state index is -0.524. The fourth-order valence-electron chi connectivity index (χ4n) is 1.19. The van der Waals surface area contributed by atoms with Crippen molar-refractivity contribution in [3.63, 3.8) is 0 Å². The number of aliphatic hydroxyl groups excluding tert-OH is 1. The molecule has 1 rings (SSSR count). The van der Waals surface area contributed by atoms with Gasteiger partial charge in [-0.05, 0) is 0 Å². The number of nitrogens with two attached hydrogens (primary N) is 1. The van der Waals surface area contributed by atoms with E-state index in [1.165, 1.54) is 7.11 Å². The number of methoxy groups -OCH3 is 1. The van der Waals surface area contributed by atoms with Crippen LogP contribution in [0.4, 0.5) is 0 Å². The van der Waals surface area contributed by atoms with Gasteiger partial charge in [-0.2, -0.15) is 0 Å². The molecule has 0 aromatic carbocycles. The van der Waals surface area contributed by atoms with Gasteiger partial charge in [-0.15, -0.1) is 0 Å². The monoisotopic (exact) mass is 159 g/mol. The normalized spacial score (nSPS) is 30.9. The number of β-amino-alcohol motifs (C(OH)–C–C–N with tert-alkyl or cyclic N) is 1. The minimum absolute atomic E-state index is 0.0106. The summed E-state index contributed by atoms with van der Waals surface area (Å²) in [5, 5.41) is 16.4. The van der Waals surface area contributed by atoms with E-state index >= 15 is 0 Å². The lowest BCUT2D eigenvalue weighted by atomic mass is 10.3. The van der Waals surface area contributed by atoms with Crippen LogP contribution in [0, 0.1) is 5.41 Å². The summed E-state index contributed by atoms with van der Waals surface area (Å²) in [6.07, 6.45) is -0.734. The van der Waals surface area contributed by atoms with Gasteiger partial charge in [-0.1, -0.05) is 0 Å². The van der Waals surface area contributed by atoms with Gasteiger partial charge < -0.3 is 20.5 Å². The first-order valence-corrected chi connectivity index (χ1v) is 3.45. The molecule has 0 spiro atoms.